The number of aromatic nitrogens is 2. The summed E-state index contributed by atoms with van der Waals surface area (Å²) >= 11 is 0. The van der Waals surface area contributed by atoms with E-state index in [1.165, 1.54) is 11.1 Å². The lowest BCUT2D eigenvalue weighted by Gasteiger charge is -2.12. The van der Waals surface area contributed by atoms with Crippen LogP contribution in [0.15, 0.2) is 54.6 Å². The van der Waals surface area contributed by atoms with Crippen molar-refractivity contribution in [2.75, 3.05) is 17.7 Å². The van der Waals surface area contributed by atoms with Crippen molar-refractivity contribution in [2.24, 2.45) is 0 Å². The smallest absolute Gasteiger partial charge is 0.224 e. The molecule has 0 spiro atoms. The lowest BCUT2D eigenvalue weighted by Crippen LogP contribution is -2.03. The number of rotatable bonds is 4. The highest BCUT2D eigenvalue weighted by Crippen LogP contribution is 2.25. The van der Waals surface area contributed by atoms with Crippen molar-refractivity contribution in [2.45, 2.75) is 13.8 Å². The van der Waals surface area contributed by atoms with Crippen molar-refractivity contribution in [3.8, 4) is 11.3 Å². The van der Waals surface area contributed by atoms with Gasteiger partial charge in [0.25, 0.3) is 0 Å². The van der Waals surface area contributed by atoms with Gasteiger partial charge in [-0.25, -0.2) is 4.98 Å². The number of anilines is 3. The van der Waals surface area contributed by atoms with Crippen LogP contribution in [-0.4, -0.2) is 17.0 Å². The Morgan fingerprint density at radius 2 is 1.65 bits per heavy atom. The molecule has 0 bridgehead atoms. The van der Waals surface area contributed by atoms with Crippen LogP contribution in [0.2, 0.25) is 0 Å². The molecule has 0 radical (unpaired) electrons. The average molecular weight is 304 g/mol. The monoisotopic (exact) mass is 304 g/mol. The maximum atomic E-state index is 4.54. The third-order valence-corrected chi connectivity index (χ3v) is 3.68. The molecule has 0 aliphatic heterocycles. The van der Waals surface area contributed by atoms with E-state index < -0.39 is 0 Å². The molecule has 4 nitrogen and oxygen atoms in total. The molecular formula is C19H20N4. The Balaban J connectivity index is 2.00. The molecule has 0 aliphatic carbocycles. The summed E-state index contributed by atoms with van der Waals surface area (Å²) in [6, 6.07) is 18.4. The molecule has 2 N–H and O–H groups in total. The molecule has 0 saturated carbocycles. The maximum Gasteiger partial charge on any atom is 0.224 e. The van der Waals surface area contributed by atoms with Gasteiger partial charge in [-0.3, -0.25) is 0 Å². The van der Waals surface area contributed by atoms with E-state index in [0.29, 0.717) is 5.95 Å². The van der Waals surface area contributed by atoms with E-state index in [9.17, 15) is 0 Å². The minimum absolute atomic E-state index is 0.596. The fourth-order valence-electron chi connectivity index (χ4n) is 2.39. The van der Waals surface area contributed by atoms with E-state index in [0.717, 1.165) is 22.8 Å². The molecule has 0 atom stereocenters. The minimum atomic E-state index is 0.596. The third-order valence-electron chi connectivity index (χ3n) is 3.68. The van der Waals surface area contributed by atoms with Crippen LogP contribution in [0.4, 0.5) is 17.5 Å². The second kappa shape index (κ2) is 6.48. The van der Waals surface area contributed by atoms with Gasteiger partial charge in [0.05, 0.1) is 5.69 Å². The Kier molecular flexibility index (Phi) is 4.24. The summed E-state index contributed by atoms with van der Waals surface area (Å²) in [5, 5.41) is 6.43. The Bertz CT molecular complexity index is 813. The summed E-state index contributed by atoms with van der Waals surface area (Å²) in [6.07, 6.45) is 0. The summed E-state index contributed by atoms with van der Waals surface area (Å²) in [5.41, 5.74) is 5.41. The van der Waals surface area contributed by atoms with Gasteiger partial charge in [0, 0.05) is 24.4 Å². The van der Waals surface area contributed by atoms with Gasteiger partial charge < -0.3 is 10.6 Å². The number of benzene rings is 2. The molecule has 3 rings (SSSR count). The largest absolute Gasteiger partial charge is 0.357 e. The second-order valence-electron chi connectivity index (χ2n) is 5.52. The first-order chi connectivity index (χ1) is 11.2. The molecule has 4 heteroatoms. The topological polar surface area (TPSA) is 49.8 Å². The van der Waals surface area contributed by atoms with Crippen LogP contribution >= 0.6 is 0 Å². The van der Waals surface area contributed by atoms with Gasteiger partial charge in [0.15, 0.2) is 0 Å². The number of nitrogens with one attached hydrogen (secondary N) is 2. The van der Waals surface area contributed by atoms with Crippen LogP contribution in [0.1, 0.15) is 11.1 Å². The number of nitrogens with zero attached hydrogens (tertiary/aromatic N) is 2. The summed E-state index contributed by atoms with van der Waals surface area (Å²) in [6.45, 7) is 4.17. The molecule has 116 valence electrons. The van der Waals surface area contributed by atoms with E-state index in [2.05, 4.69) is 52.6 Å². The van der Waals surface area contributed by atoms with Gasteiger partial charge in [-0.15, -0.1) is 0 Å². The average Bonchev–Trinajstić information content (AvgIpc) is 2.58. The zero-order valence-corrected chi connectivity index (χ0v) is 13.6. The molecule has 0 aliphatic rings. The highest BCUT2D eigenvalue weighted by atomic mass is 15.1. The van der Waals surface area contributed by atoms with E-state index in [1.54, 1.807) is 0 Å². The molecule has 0 saturated heterocycles. The van der Waals surface area contributed by atoms with Crippen molar-refractivity contribution in [1.29, 1.82) is 0 Å². The van der Waals surface area contributed by atoms with Crippen LogP contribution in [0, 0.1) is 13.8 Å². The third kappa shape index (κ3) is 3.48. The molecule has 23 heavy (non-hydrogen) atoms. The van der Waals surface area contributed by atoms with Crippen molar-refractivity contribution < 1.29 is 0 Å². The molecule has 0 unspecified atom stereocenters. The number of aryl methyl sites for hydroxylation is 2. The van der Waals surface area contributed by atoms with Crippen LogP contribution in [0.3, 0.4) is 0 Å². The Morgan fingerprint density at radius 3 is 2.39 bits per heavy atom. The van der Waals surface area contributed by atoms with Crippen molar-refractivity contribution in [3.63, 3.8) is 0 Å². The van der Waals surface area contributed by atoms with Gasteiger partial charge in [-0.2, -0.15) is 4.98 Å². The zero-order chi connectivity index (χ0) is 16.2. The second-order valence-corrected chi connectivity index (χ2v) is 5.52. The summed E-state index contributed by atoms with van der Waals surface area (Å²) in [5.74, 6) is 1.37. The van der Waals surface area contributed by atoms with Gasteiger partial charge in [0.1, 0.15) is 5.82 Å². The van der Waals surface area contributed by atoms with E-state index in [4.69, 9.17) is 0 Å². The predicted molar refractivity (Wildman–Crippen MR) is 96.2 cm³/mol. The maximum absolute atomic E-state index is 4.54. The first-order valence-electron chi connectivity index (χ1n) is 7.62. The van der Waals surface area contributed by atoms with Crippen molar-refractivity contribution in [3.05, 3.63) is 65.7 Å². The molecule has 0 fully saturated rings. The summed E-state index contributed by atoms with van der Waals surface area (Å²) in [4.78, 5) is 9.05. The normalized spacial score (nSPS) is 10.4. The molecule has 3 aromatic rings. The quantitative estimate of drug-likeness (QED) is 0.742. The van der Waals surface area contributed by atoms with E-state index in [-0.39, 0.29) is 0 Å². The van der Waals surface area contributed by atoms with Crippen LogP contribution in [0.25, 0.3) is 11.3 Å². The summed E-state index contributed by atoms with van der Waals surface area (Å²) in [7, 11) is 1.83. The van der Waals surface area contributed by atoms with Crippen LogP contribution in [0.5, 0.6) is 0 Å². The molecule has 1 aromatic heterocycles. The molecular weight excluding hydrogens is 284 g/mol. The first kappa shape index (κ1) is 15.0. The molecule has 2 aromatic carbocycles. The SMILES string of the molecule is CNc1nc(Nc2cc(C)ccc2C)cc(-c2ccccc2)n1. The number of hydrogen-bond acceptors (Lipinski definition) is 4. The van der Waals surface area contributed by atoms with Gasteiger partial charge in [-0.05, 0) is 31.0 Å². The highest BCUT2D eigenvalue weighted by molar-refractivity contribution is 5.68. The predicted octanol–water partition coefficient (Wildman–Crippen LogP) is 4.55. The fraction of sp³-hybridized carbons (Fsp3) is 0.158. The molecule has 1 heterocycles. The van der Waals surface area contributed by atoms with Gasteiger partial charge in [-0.1, -0.05) is 42.5 Å². The number of hydrogen-bond donors (Lipinski definition) is 2. The van der Waals surface area contributed by atoms with Gasteiger partial charge in [0.2, 0.25) is 5.95 Å². The van der Waals surface area contributed by atoms with Gasteiger partial charge >= 0.3 is 0 Å². The summed E-state index contributed by atoms with van der Waals surface area (Å²) < 4.78 is 0. The Labute approximate surface area is 136 Å². The molecule has 0 amide bonds. The highest BCUT2D eigenvalue weighted by Gasteiger charge is 2.07. The fourth-order valence-corrected chi connectivity index (χ4v) is 2.39. The first-order valence-corrected chi connectivity index (χ1v) is 7.62. The van der Waals surface area contributed by atoms with Crippen LogP contribution < -0.4 is 10.6 Å². The Morgan fingerprint density at radius 1 is 0.870 bits per heavy atom. The van der Waals surface area contributed by atoms with Crippen molar-refractivity contribution >= 4 is 17.5 Å². The van der Waals surface area contributed by atoms with Crippen LogP contribution in [-0.2, 0) is 0 Å². The Hall–Kier alpha value is -2.88. The standard InChI is InChI=1S/C19H20N4/c1-13-9-10-14(2)16(11-13)21-18-12-17(22-19(20-3)23-18)15-7-5-4-6-8-15/h4-12H,1-3H3,(H2,20,21,22,23). The lowest BCUT2D eigenvalue weighted by molar-refractivity contribution is 1.15. The lowest BCUT2D eigenvalue weighted by atomic mass is 10.1. The minimum Gasteiger partial charge on any atom is -0.357 e. The van der Waals surface area contributed by atoms with E-state index >= 15 is 0 Å². The van der Waals surface area contributed by atoms with E-state index in [1.807, 2.05) is 43.4 Å². The zero-order valence-electron chi connectivity index (χ0n) is 13.6. The van der Waals surface area contributed by atoms with Crippen molar-refractivity contribution in [1.82, 2.24) is 9.97 Å².